The van der Waals surface area contributed by atoms with Crippen molar-refractivity contribution in [2.45, 2.75) is 44.8 Å². The topological polar surface area (TPSA) is 55.8 Å². The van der Waals surface area contributed by atoms with E-state index in [4.69, 9.17) is 0 Å². The molecule has 3 rings (SSSR count). The predicted octanol–water partition coefficient (Wildman–Crippen LogP) is 1.81. The summed E-state index contributed by atoms with van der Waals surface area (Å²) in [6.07, 6.45) is 1.06. The van der Waals surface area contributed by atoms with E-state index in [9.17, 15) is 9.90 Å². The van der Waals surface area contributed by atoms with Crippen molar-refractivity contribution in [3.8, 4) is 0 Å². The van der Waals surface area contributed by atoms with Gasteiger partial charge in [0.2, 0.25) is 0 Å². The van der Waals surface area contributed by atoms with E-state index in [1.54, 1.807) is 0 Å². The van der Waals surface area contributed by atoms with Gasteiger partial charge in [-0.05, 0) is 38.3 Å². The number of fused-ring (bicyclic) bond motifs is 1. The van der Waals surface area contributed by atoms with Crippen LogP contribution in [0.2, 0.25) is 0 Å². The SMILES string of the molecule is CC1CN(CC(C)(C)O)CCN1C(=O)NCC1Cc2ccccc21. The molecular formula is C19H29N3O2. The van der Waals surface area contributed by atoms with E-state index in [1.807, 2.05) is 18.7 Å². The van der Waals surface area contributed by atoms with Crippen LogP contribution < -0.4 is 5.32 Å². The van der Waals surface area contributed by atoms with Crippen LogP contribution >= 0.6 is 0 Å². The summed E-state index contributed by atoms with van der Waals surface area (Å²) in [7, 11) is 0. The number of amides is 2. The number of carbonyl (C=O) groups excluding carboxylic acids is 1. The Bertz CT molecular complexity index is 597. The molecule has 2 N–H and O–H groups in total. The van der Waals surface area contributed by atoms with Crippen molar-refractivity contribution in [3.05, 3.63) is 35.4 Å². The molecule has 1 fully saturated rings. The van der Waals surface area contributed by atoms with Crippen LogP contribution in [0.3, 0.4) is 0 Å². The van der Waals surface area contributed by atoms with Crippen molar-refractivity contribution in [1.82, 2.24) is 15.1 Å². The van der Waals surface area contributed by atoms with Gasteiger partial charge in [-0.2, -0.15) is 0 Å². The van der Waals surface area contributed by atoms with Crippen molar-refractivity contribution < 1.29 is 9.90 Å². The zero-order valence-electron chi connectivity index (χ0n) is 15.0. The zero-order chi connectivity index (χ0) is 17.3. The van der Waals surface area contributed by atoms with E-state index in [2.05, 4.69) is 41.4 Å². The molecule has 1 heterocycles. The average molecular weight is 331 g/mol. The molecule has 1 aromatic rings. The third-order valence-corrected chi connectivity index (χ3v) is 5.04. The molecule has 0 aromatic heterocycles. The van der Waals surface area contributed by atoms with E-state index >= 15 is 0 Å². The highest BCUT2D eigenvalue weighted by atomic mass is 16.3. The second-order valence-corrected chi connectivity index (χ2v) is 7.88. The van der Waals surface area contributed by atoms with Crippen molar-refractivity contribution in [2.75, 3.05) is 32.7 Å². The van der Waals surface area contributed by atoms with E-state index < -0.39 is 5.60 Å². The third-order valence-electron chi connectivity index (χ3n) is 5.04. The Hall–Kier alpha value is -1.59. The van der Waals surface area contributed by atoms with Crippen molar-refractivity contribution in [3.63, 3.8) is 0 Å². The van der Waals surface area contributed by atoms with Crippen LogP contribution in [0, 0.1) is 0 Å². The highest BCUT2D eigenvalue weighted by Gasteiger charge is 2.31. The van der Waals surface area contributed by atoms with Gasteiger partial charge in [0.15, 0.2) is 0 Å². The van der Waals surface area contributed by atoms with Gasteiger partial charge in [0.1, 0.15) is 0 Å². The lowest BCUT2D eigenvalue weighted by atomic mass is 9.78. The Morgan fingerprint density at radius 2 is 2.08 bits per heavy atom. The Balaban J connectivity index is 1.46. The number of piperazine rings is 1. The summed E-state index contributed by atoms with van der Waals surface area (Å²) in [6, 6.07) is 8.66. The summed E-state index contributed by atoms with van der Waals surface area (Å²) < 4.78 is 0. The number of aliphatic hydroxyl groups is 1. The molecule has 0 radical (unpaired) electrons. The summed E-state index contributed by atoms with van der Waals surface area (Å²) in [5.74, 6) is 0.455. The maximum absolute atomic E-state index is 12.5. The smallest absolute Gasteiger partial charge is 0.317 e. The molecule has 24 heavy (non-hydrogen) atoms. The third kappa shape index (κ3) is 3.90. The van der Waals surface area contributed by atoms with Crippen molar-refractivity contribution in [1.29, 1.82) is 0 Å². The number of carbonyl (C=O) groups is 1. The van der Waals surface area contributed by atoms with Gasteiger partial charge in [-0.3, -0.25) is 4.90 Å². The molecule has 5 heteroatoms. The van der Waals surface area contributed by atoms with Gasteiger partial charge in [-0.15, -0.1) is 0 Å². The second-order valence-electron chi connectivity index (χ2n) is 7.88. The summed E-state index contributed by atoms with van der Waals surface area (Å²) in [4.78, 5) is 16.7. The van der Waals surface area contributed by atoms with Crippen molar-refractivity contribution in [2.24, 2.45) is 0 Å². The summed E-state index contributed by atoms with van der Waals surface area (Å²) in [5, 5.41) is 13.1. The van der Waals surface area contributed by atoms with Gasteiger partial charge >= 0.3 is 6.03 Å². The molecule has 1 aromatic carbocycles. The van der Waals surface area contributed by atoms with Crippen LogP contribution in [0.4, 0.5) is 4.79 Å². The van der Waals surface area contributed by atoms with Gasteiger partial charge < -0.3 is 15.3 Å². The zero-order valence-corrected chi connectivity index (χ0v) is 15.0. The number of hydrogen-bond acceptors (Lipinski definition) is 3. The highest BCUT2D eigenvalue weighted by molar-refractivity contribution is 5.74. The van der Waals surface area contributed by atoms with Crippen LogP contribution in [0.15, 0.2) is 24.3 Å². The van der Waals surface area contributed by atoms with Gasteiger partial charge in [-0.1, -0.05) is 24.3 Å². The minimum absolute atomic E-state index is 0.0368. The molecule has 0 bridgehead atoms. The Morgan fingerprint density at radius 1 is 1.33 bits per heavy atom. The van der Waals surface area contributed by atoms with E-state index in [-0.39, 0.29) is 12.1 Å². The summed E-state index contributed by atoms with van der Waals surface area (Å²) >= 11 is 0. The first-order valence-electron chi connectivity index (χ1n) is 8.90. The molecule has 5 nitrogen and oxygen atoms in total. The molecule has 2 aliphatic rings. The predicted molar refractivity (Wildman–Crippen MR) is 95.2 cm³/mol. The van der Waals surface area contributed by atoms with Crippen LogP contribution in [0.1, 0.15) is 37.8 Å². The number of β-amino-alcohol motifs (C(OH)–C–C–N with tert-alkyl or cyclic N) is 1. The van der Waals surface area contributed by atoms with E-state index in [1.165, 1.54) is 11.1 Å². The number of nitrogens with zero attached hydrogens (tertiary/aromatic N) is 2. The number of urea groups is 1. The van der Waals surface area contributed by atoms with Gasteiger partial charge in [0.25, 0.3) is 0 Å². The minimum Gasteiger partial charge on any atom is -0.389 e. The fourth-order valence-corrected chi connectivity index (χ4v) is 3.88. The van der Waals surface area contributed by atoms with Crippen LogP contribution in [0.5, 0.6) is 0 Å². The molecule has 1 aliphatic heterocycles. The number of hydrogen-bond donors (Lipinski definition) is 2. The number of nitrogens with one attached hydrogen (secondary N) is 1. The molecule has 2 amide bonds. The maximum Gasteiger partial charge on any atom is 0.317 e. The Morgan fingerprint density at radius 3 is 2.75 bits per heavy atom. The highest BCUT2D eigenvalue weighted by Crippen LogP contribution is 2.34. The molecular weight excluding hydrogens is 302 g/mol. The Labute approximate surface area is 144 Å². The van der Waals surface area contributed by atoms with E-state index in [0.717, 1.165) is 19.5 Å². The molecule has 0 spiro atoms. The van der Waals surface area contributed by atoms with Gasteiger partial charge in [0, 0.05) is 44.7 Å². The first-order valence-corrected chi connectivity index (χ1v) is 8.90. The molecule has 1 aliphatic carbocycles. The average Bonchev–Trinajstić information content (AvgIpc) is 2.46. The van der Waals surface area contributed by atoms with Gasteiger partial charge in [0.05, 0.1) is 5.60 Å². The quantitative estimate of drug-likeness (QED) is 0.885. The molecule has 2 unspecified atom stereocenters. The molecule has 0 saturated carbocycles. The second kappa shape index (κ2) is 6.73. The first-order chi connectivity index (χ1) is 11.3. The van der Waals surface area contributed by atoms with Crippen LogP contribution in [-0.2, 0) is 6.42 Å². The fraction of sp³-hybridized carbons (Fsp3) is 0.632. The molecule has 2 atom stereocenters. The van der Waals surface area contributed by atoms with Crippen LogP contribution in [-0.4, -0.2) is 65.3 Å². The van der Waals surface area contributed by atoms with E-state index in [0.29, 0.717) is 25.6 Å². The Kier molecular flexibility index (Phi) is 4.83. The monoisotopic (exact) mass is 331 g/mol. The standard InChI is InChI=1S/C19H29N3O2/c1-14-12-21(13-19(2,3)24)8-9-22(14)18(23)20-11-16-10-15-6-4-5-7-17(15)16/h4-7,14,16,24H,8-13H2,1-3H3,(H,20,23). The summed E-state index contributed by atoms with van der Waals surface area (Å²) in [6.45, 7) is 9.43. The first kappa shape index (κ1) is 17.2. The lowest BCUT2D eigenvalue weighted by Crippen LogP contribution is -2.58. The molecule has 1 saturated heterocycles. The number of benzene rings is 1. The maximum atomic E-state index is 12.5. The normalized spacial score (nSPS) is 24.2. The van der Waals surface area contributed by atoms with Gasteiger partial charge in [-0.25, -0.2) is 4.79 Å². The van der Waals surface area contributed by atoms with Crippen molar-refractivity contribution >= 4 is 6.03 Å². The fourth-order valence-electron chi connectivity index (χ4n) is 3.88. The summed E-state index contributed by atoms with van der Waals surface area (Å²) in [5.41, 5.74) is 2.09. The lowest BCUT2D eigenvalue weighted by molar-refractivity contribution is 0.0119. The number of rotatable bonds is 4. The van der Waals surface area contributed by atoms with Crippen LogP contribution in [0.25, 0.3) is 0 Å². The lowest BCUT2D eigenvalue weighted by Gasteiger charge is -2.42. The molecule has 132 valence electrons. The largest absolute Gasteiger partial charge is 0.389 e. The minimum atomic E-state index is -0.693.